The Morgan fingerprint density at radius 3 is 2.57 bits per heavy atom. The van der Waals surface area contributed by atoms with Gasteiger partial charge in [-0.2, -0.15) is 0 Å². The molecule has 0 amide bonds. The number of hydrogen-bond donors (Lipinski definition) is 1. The summed E-state index contributed by atoms with van der Waals surface area (Å²) in [5.41, 5.74) is 2.83. The molecule has 4 rings (SSSR count). The second-order valence-corrected chi connectivity index (χ2v) is 5.79. The Bertz CT molecular complexity index is 761. The van der Waals surface area contributed by atoms with Crippen LogP contribution in [0.4, 0.5) is 5.69 Å². The lowest BCUT2D eigenvalue weighted by atomic mass is 9.93. The molecule has 1 fully saturated rings. The fourth-order valence-corrected chi connectivity index (χ4v) is 2.57. The molecule has 6 nitrogen and oxygen atoms in total. The summed E-state index contributed by atoms with van der Waals surface area (Å²) in [4.78, 5) is 8.80. The van der Waals surface area contributed by atoms with Gasteiger partial charge in [-0.05, 0) is 19.3 Å². The van der Waals surface area contributed by atoms with Crippen LogP contribution in [-0.4, -0.2) is 25.0 Å². The van der Waals surface area contributed by atoms with Gasteiger partial charge < -0.3 is 5.32 Å². The number of nitrogens with zero attached hydrogens (tertiary/aromatic N) is 5. The summed E-state index contributed by atoms with van der Waals surface area (Å²) < 4.78 is 1.98. The van der Waals surface area contributed by atoms with Gasteiger partial charge in [0.25, 0.3) is 0 Å². The Morgan fingerprint density at radius 1 is 1.09 bits per heavy atom. The summed E-state index contributed by atoms with van der Waals surface area (Å²) in [5, 5.41) is 11.7. The standard InChI is InChI=1S/C17H18N6/c1-2-5-13(6-3-1)17-19-9-14(10-20-17)18-11-15-12-23(22-21-15)16-7-4-8-16/h1-3,5-6,9-10,12,16,18H,4,7-8,11H2. The molecule has 1 aliphatic carbocycles. The lowest BCUT2D eigenvalue weighted by Crippen LogP contribution is -2.17. The van der Waals surface area contributed by atoms with Crippen LogP contribution < -0.4 is 5.32 Å². The first-order valence-corrected chi connectivity index (χ1v) is 7.90. The molecule has 1 N–H and O–H groups in total. The van der Waals surface area contributed by atoms with Crippen molar-refractivity contribution in [3.05, 3.63) is 54.6 Å². The molecule has 1 aromatic carbocycles. The predicted molar refractivity (Wildman–Crippen MR) is 87.7 cm³/mol. The van der Waals surface area contributed by atoms with E-state index in [4.69, 9.17) is 0 Å². The summed E-state index contributed by atoms with van der Waals surface area (Å²) in [7, 11) is 0. The molecular weight excluding hydrogens is 288 g/mol. The van der Waals surface area contributed by atoms with Crippen LogP contribution in [0.1, 0.15) is 31.0 Å². The van der Waals surface area contributed by atoms with Gasteiger partial charge in [0, 0.05) is 5.56 Å². The Morgan fingerprint density at radius 2 is 1.87 bits per heavy atom. The van der Waals surface area contributed by atoms with E-state index in [0.29, 0.717) is 12.6 Å². The summed E-state index contributed by atoms with van der Waals surface area (Å²) in [6, 6.07) is 10.5. The zero-order chi connectivity index (χ0) is 15.5. The van der Waals surface area contributed by atoms with Crippen molar-refractivity contribution >= 4 is 5.69 Å². The van der Waals surface area contributed by atoms with Crippen molar-refractivity contribution in [1.29, 1.82) is 0 Å². The van der Waals surface area contributed by atoms with Gasteiger partial charge in [-0.15, -0.1) is 5.10 Å². The molecule has 0 unspecified atom stereocenters. The number of benzene rings is 1. The van der Waals surface area contributed by atoms with E-state index in [1.165, 1.54) is 19.3 Å². The first-order valence-electron chi connectivity index (χ1n) is 7.90. The Kier molecular flexibility index (Phi) is 3.71. The molecule has 3 aromatic rings. The molecule has 23 heavy (non-hydrogen) atoms. The van der Waals surface area contributed by atoms with Gasteiger partial charge in [0.05, 0.1) is 36.9 Å². The van der Waals surface area contributed by atoms with Crippen molar-refractivity contribution in [3.8, 4) is 11.4 Å². The van der Waals surface area contributed by atoms with Crippen molar-refractivity contribution in [2.24, 2.45) is 0 Å². The summed E-state index contributed by atoms with van der Waals surface area (Å²) >= 11 is 0. The normalized spacial score (nSPS) is 14.4. The van der Waals surface area contributed by atoms with Crippen LogP contribution in [0.2, 0.25) is 0 Å². The Hall–Kier alpha value is -2.76. The van der Waals surface area contributed by atoms with Gasteiger partial charge in [0.15, 0.2) is 5.82 Å². The monoisotopic (exact) mass is 306 g/mol. The number of hydrogen-bond acceptors (Lipinski definition) is 5. The lowest BCUT2D eigenvalue weighted by Gasteiger charge is -2.24. The van der Waals surface area contributed by atoms with Crippen molar-refractivity contribution in [1.82, 2.24) is 25.0 Å². The highest BCUT2D eigenvalue weighted by Crippen LogP contribution is 2.30. The number of anilines is 1. The van der Waals surface area contributed by atoms with Crippen LogP contribution in [0.15, 0.2) is 48.9 Å². The van der Waals surface area contributed by atoms with Crippen molar-refractivity contribution in [2.75, 3.05) is 5.32 Å². The molecule has 2 heterocycles. The number of rotatable bonds is 5. The third-order valence-electron chi connectivity index (χ3n) is 4.16. The van der Waals surface area contributed by atoms with Crippen LogP contribution in [0.3, 0.4) is 0 Å². The van der Waals surface area contributed by atoms with Crippen LogP contribution in [0.25, 0.3) is 11.4 Å². The van der Waals surface area contributed by atoms with Gasteiger partial charge in [-0.3, -0.25) is 0 Å². The average Bonchev–Trinajstić information content (AvgIpc) is 3.01. The van der Waals surface area contributed by atoms with E-state index in [1.807, 2.05) is 41.2 Å². The van der Waals surface area contributed by atoms with Crippen molar-refractivity contribution in [3.63, 3.8) is 0 Å². The van der Waals surface area contributed by atoms with E-state index in [-0.39, 0.29) is 0 Å². The molecule has 1 aliphatic rings. The van der Waals surface area contributed by atoms with Crippen molar-refractivity contribution < 1.29 is 0 Å². The number of aromatic nitrogens is 5. The largest absolute Gasteiger partial charge is 0.377 e. The van der Waals surface area contributed by atoms with E-state index in [2.05, 4.69) is 25.6 Å². The highest BCUT2D eigenvalue weighted by molar-refractivity contribution is 5.55. The van der Waals surface area contributed by atoms with Gasteiger partial charge in [0.1, 0.15) is 5.69 Å². The lowest BCUT2D eigenvalue weighted by molar-refractivity contribution is 0.284. The van der Waals surface area contributed by atoms with Gasteiger partial charge in [-0.1, -0.05) is 35.5 Å². The minimum atomic E-state index is 0.546. The molecule has 116 valence electrons. The maximum atomic E-state index is 4.40. The van der Waals surface area contributed by atoms with Crippen molar-refractivity contribution in [2.45, 2.75) is 31.8 Å². The SMILES string of the molecule is c1ccc(-c2ncc(NCc3cn(C4CCC4)nn3)cn2)cc1. The predicted octanol–water partition coefficient (Wildman–Crippen LogP) is 3.07. The third kappa shape index (κ3) is 3.06. The first kappa shape index (κ1) is 13.9. The van der Waals surface area contributed by atoms with Crippen LogP contribution in [0, 0.1) is 0 Å². The Balaban J connectivity index is 1.38. The van der Waals surface area contributed by atoms with E-state index in [1.54, 1.807) is 12.4 Å². The fraction of sp³-hybridized carbons (Fsp3) is 0.294. The molecule has 0 atom stereocenters. The molecule has 2 aromatic heterocycles. The van der Waals surface area contributed by atoms with Gasteiger partial charge in [0.2, 0.25) is 0 Å². The van der Waals surface area contributed by atoms with E-state index in [0.717, 1.165) is 22.8 Å². The van der Waals surface area contributed by atoms with E-state index < -0.39 is 0 Å². The molecule has 0 aliphatic heterocycles. The second-order valence-electron chi connectivity index (χ2n) is 5.79. The van der Waals surface area contributed by atoms with E-state index >= 15 is 0 Å². The highest BCUT2D eigenvalue weighted by atomic mass is 15.4. The number of nitrogens with one attached hydrogen (secondary N) is 1. The molecular formula is C17H18N6. The quantitative estimate of drug-likeness (QED) is 0.784. The molecule has 0 bridgehead atoms. The minimum absolute atomic E-state index is 0.546. The fourth-order valence-electron chi connectivity index (χ4n) is 2.57. The van der Waals surface area contributed by atoms with E-state index in [9.17, 15) is 0 Å². The zero-order valence-corrected chi connectivity index (χ0v) is 12.8. The smallest absolute Gasteiger partial charge is 0.159 e. The Labute approximate surface area is 134 Å². The molecule has 1 saturated carbocycles. The summed E-state index contributed by atoms with van der Waals surface area (Å²) in [6.07, 6.45) is 9.34. The highest BCUT2D eigenvalue weighted by Gasteiger charge is 2.20. The first-order chi connectivity index (χ1) is 11.4. The summed E-state index contributed by atoms with van der Waals surface area (Å²) in [5.74, 6) is 0.729. The maximum absolute atomic E-state index is 4.40. The summed E-state index contributed by atoms with van der Waals surface area (Å²) in [6.45, 7) is 0.626. The molecule has 6 heteroatoms. The zero-order valence-electron chi connectivity index (χ0n) is 12.8. The van der Waals surface area contributed by atoms with Crippen LogP contribution in [-0.2, 0) is 6.54 Å². The third-order valence-corrected chi connectivity index (χ3v) is 4.16. The van der Waals surface area contributed by atoms with Gasteiger partial charge >= 0.3 is 0 Å². The van der Waals surface area contributed by atoms with Crippen LogP contribution >= 0.6 is 0 Å². The molecule has 0 radical (unpaired) electrons. The minimum Gasteiger partial charge on any atom is -0.377 e. The van der Waals surface area contributed by atoms with Gasteiger partial charge in [-0.25, -0.2) is 14.6 Å². The topological polar surface area (TPSA) is 68.5 Å². The second kappa shape index (κ2) is 6.16. The average molecular weight is 306 g/mol. The molecule has 0 spiro atoms. The van der Waals surface area contributed by atoms with Crippen LogP contribution in [0.5, 0.6) is 0 Å². The molecule has 0 saturated heterocycles. The maximum Gasteiger partial charge on any atom is 0.159 e.